The third kappa shape index (κ3) is 4.60. The van der Waals surface area contributed by atoms with Gasteiger partial charge in [0, 0.05) is 19.2 Å². The van der Waals surface area contributed by atoms with Crippen LogP contribution >= 0.6 is 0 Å². The molecule has 0 aliphatic carbocycles. The maximum Gasteiger partial charge on any atom is 0.246 e. The summed E-state index contributed by atoms with van der Waals surface area (Å²) in [7, 11) is 0. The smallest absolute Gasteiger partial charge is 0.246 e. The Hall–Kier alpha value is -1.81. The van der Waals surface area contributed by atoms with Crippen LogP contribution in [0.1, 0.15) is 32.3 Å². The zero-order valence-electron chi connectivity index (χ0n) is 12.7. The van der Waals surface area contributed by atoms with E-state index >= 15 is 0 Å². The Labute approximate surface area is 126 Å². The molecule has 0 aromatic heterocycles. The third-order valence-corrected chi connectivity index (χ3v) is 3.76. The predicted octanol–water partition coefficient (Wildman–Crippen LogP) is 2.47. The molecule has 1 aliphatic rings. The van der Waals surface area contributed by atoms with E-state index in [4.69, 9.17) is 4.74 Å². The van der Waals surface area contributed by atoms with E-state index in [9.17, 15) is 9.90 Å². The number of hydrogen-bond donors (Lipinski definition) is 1. The third-order valence-electron chi connectivity index (χ3n) is 3.76. The summed E-state index contributed by atoms with van der Waals surface area (Å²) in [4.78, 5) is 13.9. The molecule has 1 saturated heterocycles. The molecule has 1 N–H and O–H groups in total. The number of nitrogens with zero attached hydrogens (tertiary/aromatic N) is 1. The minimum atomic E-state index is -0.629. The average Bonchev–Trinajstić information content (AvgIpc) is 2.46. The second-order valence-electron chi connectivity index (χ2n) is 5.66. The highest BCUT2D eigenvalue weighted by Gasteiger charge is 2.28. The summed E-state index contributed by atoms with van der Waals surface area (Å²) < 4.78 is 5.38. The zero-order valence-corrected chi connectivity index (χ0v) is 12.7. The zero-order chi connectivity index (χ0) is 15.3. The molecule has 21 heavy (non-hydrogen) atoms. The number of carbonyl (C=O) groups excluding carboxylic acids is 1. The largest absolute Gasteiger partial charge is 0.494 e. The van der Waals surface area contributed by atoms with Crippen LogP contribution in [0, 0.1) is 0 Å². The minimum Gasteiger partial charge on any atom is -0.494 e. The summed E-state index contributed by atoms with van der Waals surface area (Å²) in [6.07, 6.45) is 4.67. The van der Waals surface area contributed by atoms with Gasteiger partial charge < -0.3 is 14.7 Å². The van der Waals surface area contributed by atoms with E-state index in [1.165, 1.54) is 0 Å². The van der Waals surface area contributed by atoms with Gasteiger partial charge in [0.05, 0.1) is 12.2 Å². The molecule has 0 radical (unpaired) electrons. The summed E-state index contributed by atoms with van der Waals surface area (Å²) in [5, 5.41) is 9.88. The number of likely N-dealkylation sites (tertiary alicyclic amines) is 1. The molecule has 114 valence electrons. The number of carbonyl (C=O) groups is 1. The molecule has 0 bridgehead atoms. The van der Waals surface area contributed by atoms with E-state index in [2.05, 4.69) is 0 Å². The molecular weight excluding hydrogens is 266 g/mol. The van der Waals surface area contributed by atoms with Crippen LogP contribution in [-0.4, -0.2) is 41.2 Å². The fourth-order valence-corrected chi connectivity index (χ4v) is 2.32. The molecule has 1 aromatic carbocycles. The lowest BCUT2D eigenvalue weighted by Gasteiger charge is -2.35. The Morgan fingerprint density at radius 1 is 1.33 bits per heavy atom. The number of piperidine rings is 1. The molecule has 0 unspecified atom stereocenters. The lowest BCUT2D eigenvalue weighted by atomic mass is 9.94. The second kappa shape index (κ2) is 6.76. The van der Waals surface area contributed by atoms with Gasteiger partial charge in [0.15, 0.2) is 0 Å². The topological polar surface area (TPSA) is 49.8 Å². The molecule has 1 fully saturated rings. The number of ether oxygens (including phenoxy) is 1. The van der Waals surface area contributed by atoms with E-state index in [1.54, 1.807) is 11.0 Å². The SMILES string of the molecule is CCOc1ccc(/C=C/C(=O)N2CCC(C)(O)CC2)cc1. The van der Waals surface area contributed by atoms with Crippen molar-refractivity contribution < 1.29 is 14.6 Å². The van der Waals surface area contributed by atoms with Crippen LogP contribution in [0.2, 0.25) is 0 Å². The van der Waals surface area contributed by atoms with Gasteiger partial charge in [-0.1, -0.05) is 12.1 Å². The van der Waals surface area contributed by atoms with Gasteiger partial charge in [0.2, 0.25) is 5.91 Å². The van der Waals surface area contributed by atoms with Crippen LogP contribution in [0.4, 0.5) is 0 Å². The highest BCUT2D eigenvalue weighted by atomic mass is 16.5. The van der Waals surface area contributed by atoms with Crippen LogP contribution in [0.25, 0.3) is 6.08 Å². The van der Waals surface area contributed by atoms with Crippen molar-refractivity contribution >= 4 is 12.0 Å². The van der Waals surface area contributed by atoms with E-state index in [1.807, 2.05) is 44.2 Å². The number of aliphatic hydroxyl groups is 1. The molecule has 1 heterocycles. The lowest BCUT2D eigenvalue weighted by molar-refractivity contribution is -0.129. The van der Waals surface area contributed by atoms with Crippen LogP contribution < -0.4 is 4.74 Å². The van der Waals surface area contributed by atoms with Crippen molar-refractivity contribution in [3.05, 3.63) is 35.9 Å². The normalized spacial score (nSPS) is 18.0. The van der Waals surface area contributed by atoms with Crippen molar-refractivity contribution in [2.24, 2.45) is 0 Å². The van der Waals surface area contributed by atoms with Gasteiger partial charge in [-0.15, -0.1) is 0 Å². The highest BCUT2D eigenvalue weighted by Crippen LogP contribution is 2.21. The van der Waals surface area contributed by atoms with Gasteiger partial charge in [0.25, 0.3) is 0 Å². The summed E-state index contributed by atoms with van der Waals surface area (Å²) in [6.45, 7) is 5.64. The number of hydrogen-bond acceptors (Lipinski definition) is 3. The van der Waals surface area contributed by atoms with E-state index < -0.39 is 5.60 Å². The van der Waals surface area contributed by atoms with Crippen molar-refractivity contribution in [2.45, 2.75) is 32.3 Å². The van der Waals surface area contributed by atoms with Gasteiger partial charge >= 0.3 is 0 Å². The maximum atomic E-state index is 12.1. The van der Waals surface area contributed by atoms with Gasteiger partial charge in [-0.05, 0) is 50.5 Å². The Balaban J connectivity index is 1.90. The number of rotatable bonds is 4. The molecule has 0 spiro atoms. The van der Waals surface area contributed by atoms with Gasteiger partial charge in [0.1, 0.15) is 5.75 Å². The number of amides is 1. The molecule has 4 nitrogen and oxygen atoms in total. The van der Waals surface area contributed by atoms with E-state index in [-0.39, 0.29) is 5.91 Å². The Morgan fingerprint density at radius 3 is 2.52 bits per heavy atom. The highest BCUT2D eigenvalue weighted by molar-refractivity contribution is 5.91. The Morgan fingerprint density at radius 2 is 1.95 bits per heavy atom. The first-order valence-corrected chi connectivity index (χ1v) is 7.42. The van der Waals surface area contributed by atoms with Crippen LogP contribution in [0.3, 0.4) is 0 Å². The average molecular weight is 289 g/mol. The van der Waals surface area contributed by atoms with Gasteiger partial charge in [-0.25, -0.2) is 0 Å². The Bertz CT molecular complexity index is 495. The fraction of sp³-hybridized carbons (Fsp3) is 0.471. The van der Waals surface area contributed by atoms with Crippen LogP contribution in [0.5, 0.6) is 5.75 Å². The predicted molar refractivity (Wildman–Crippen MR) is 83.1 cm³/mol. The van der Waals surface area contributed by atoms with Crippen molar-refractivity contribution in [2.75, 3.05) is 19.7 Å². The second-order valence-corrected chi connectivity index (χ2v) is 5.66. The summed E-state index contributed by atoms with van der Waals surface area (Å²) >= 11 is 0. The molecule has 4 heteroatoms. The standard InChI is InChI=1S/C17H23NO3/c1-3-21-15-7-4-14(5-8-15)6-9-16(19)18-12-10-17(2,20)11-13-18/h4-9,20H,3,10-13H2,1-2H3/b9-6+. The molecular formula is C17H23NO3. The summed E-state index contributed by atoms with van der Waals surface area (Å²) in [6, 6.07) is 7.64. The van der Waals surface area contributed by atoms with Gasteiger partial charge in [-0.3, -0.25) is 4.79 Å². The first-order chi connectivity index (χ1) is 10.00. The molecule has 1 amide bonds. The quantitative estimate of drug-likeness (QED) is 0.866. The van der Waals surface area contributed by atoms with Crippen molar-refractivity contribution in [1.82, 2.24) is 4.90 Å². The van der Waals surface area contributed by atoms with E-state index in [0.717, 1.165) is 11.3 Å². The van der Waals surface area contributed by atoms with Crippen LogP contribution in [0.15, 0.2) is 30.3 Å². The van der Waals surface area contributed by atoms with Crippen LogP contribution in [-0.2, 0) is 4.79 Å². The molecule has 1 aromatic rings. The monoisotopic (exact) mass is 289 g/mol. The van der Waals surface area contributed by atoms with Crippen molar-refractivity contribution in [1.29, 1.82) is 0 Å². The first-order valence-electron chi connectivity index (χ1n) is 7.42. The molecule has 0 saturated carbocycles. The Kier molecular flexibility index (Phi) is 5.02. The lowest BCUT2D eigenvalue weighted by Crippen LogP contribution is -2.44. The van der Waals surface area contributed by atoms with Crippen molar-refractivity contribution in [3.8, 4) is 5.75 Å². The maximum absolute atomic E-state index is 12.1. The first kappa shape index (κ1) is 15.6. The van der Waals surface area contributed by atoms with Gasteiger partial charge in [-0.2, -0.15) is 0 Å². The molecule has 1 aliphatic heterocycles. The van der Waals surface area contributed by atoms with Crippen molar-refractivity contribution in [3.63, 3.8) is 0 Å². The molecule has 2 rings (SSSR count). The van der Waals surface area contributed by atoms with E-state index in [0.29, 0.717) is 32.5 Å². The summed E-state index contributed by atoms with van der Waals surface area (Å²) in [5.74, 6) is 0.832. The molecule has 0 atom stereocenters. The minimum absolute atomic E-state index is 0.000570. The number of benzene rings is 1. The fourth-order valence-electron chi connectivity index (χ4n) is 2.32. The summed E-state index contributed by atoms with van der Waals surface area (Å²) in [5.41, 5.74) is 0.339.